The number of aryl methyl sites for hydroxylation is 2. The molecule has 0 saturated carbocycles. The van der Waals surface area contributed by atoms with Gasteiger partial charge in [0.25, 0.3) is 0 Å². The van der Waals surface area contributed by atoms with Crippen LogP contribution in [0.15, 0.2) is 84.9 Å². The minimum Gasteiger partial charge on any atom is -0.478 e. The molecule has 2 aromatic heterocycles. The molecule has 0 aliphatic carbocycles. The first-order chi connectivity index (χ1) is 21.1. The third-order valence-electron chi connectivity index (χ3n) is 6.52. The van der Waals surface area contributed by atoms with Gasteiger partial charge in [-0.3, -0.25) is 4.79 Å². The molecule has 0 bridgehead atoms. The second kappa shape index (κ2) is 14.5. The highest BCUT2D eigenvalue weighted by Gasteiger charge is 2.21. The van der Waals surface area contributed by atoms with Gasteiger partial charge >= 0.3 is 17.9 Å². The van der Waals surface area contributed by atoms with Crippen molar-refractivity contribution in [2.45, 2.75) is 20.5 Å². The summed E-state index contributed by atoms with van der Waals surface area (Å²) in [6.07, 6.45) is 0.831. The van der Waals surface area contributed by atoms with E-state index in [2.05, 4.69) is 4.74 Å². The van der Waals surface area contributed by atoms with Crippen LogP contribution in [0.2, 0.25) is 0 Å². The largest absolute Gasteiger partial charge is 0.478 e. The lowest BCUT2D eigenvalue weighted by atomic mass is 10.0. The van der Waals surface area contributed by atoms with Crippen molar-refractivity contribution >= 4 is 46.9 Å². The molecule has 1 N–H and O–H groups in total. The molecule has 44 heavy (non-hydrogen) atoms. The van der Waals surface area contributed by atoms with Crippen LogP contribution in [0.1, 0.15) is 56.7 Å². The molecule has 10 heteroatoms. The number of thiophene rings is 2. The fraction of sp³-hybridized carbons (Fsp3) is 0.118. The molecular formula is C34H27FO7S2. The maximum absolute atomic E-state index is 13.7. The topological polar surface area (TPSA) is 107 Å². The van der Waals surface area contributed by atoms with E-state index >= 15 is 0 Å². The number of rotatable bonds is 8. The van der Waals surface area contributed by atoms with Crippen LogP contribution in [0.4, 0.5) is 4.39 Å². The molecule has 0 atom stereocenters. The van der Waals surface area contributed by atoms with E-state index < -0.39 is 23.3 Å². The average Bonchev–Trinajstić information content (AvgIpc) is 3.62. The SMILES string of the molecule is COC(=O)c1cc(-c2cccc(F)c2C(=O)O)sc1C.Cc1sc(-c2ccccc2C=O)cc1C(=O)OCc1ccccc1. The Morgan fingerprint density at radius 1 is 0.795 bits per heavy atom. The third-order valence-corrected chi connectivity index (χ3v) is 8.69. The number of aldehydes is 1. The van der Waals surface area contributed by atoms with Gasteiger partial charge < -0.3 is 14.6 Å². The zero-order valence-corrected chi connectivity index (χ0v) is 25.6. The number of aromatic carboxylic acids is 1. The van der Waals surface area contributed by atoms with Crippen LogP contribution in [-0.4, -0.2) is 36.4 Å². The van der Waals surface area contributed by atoms with Gasteiger partial charge in [0.05, 0.1) is 18.2 Å². The summed E-state index contributed by atoms with van der Waals surface area (Å²) >= 11 is 2.71. The number of hydrogen-bond donors (Lipinski definition) is 1. The molecular weight excluding hydrogens is 603 g/mol. The number of carboxylic acid groups (broad SMARTS) is 1. The number of benzene rings is 3. The van der Waals surface area contributed by atoms with Crippen LogP contribution in [0.25, 0.3) is 20.9 Å². The van der Waals surface area contributed by atoms with Gasteiger partial charge in [0, 0.05) is 36.2 Å². The molecule has 0 unspecified atom stereocenters. The Hall–Kier alpha value is -4.93. The number of ether oxygens (including phenoxy) is 2. The zero-order valence-electron chi connectivity index (χ0n) is 24.0. The second-order valence-corrected chi connectivity index (χ2v) is 11.9. The molecule has 2 heterocycles. The second-order valence-electron chi connectivity index (χ2n) is 9.39. The molecule has 0 aliphatic rings. The van der Waals surface area contributed by atoms with Gasteiger partial charge in [-0.05, 0) is 37.6 Å². The fourth-order valence-corrected chi connectivity index (χ4v) is 6.41. The highest BCUT2D eigenvalue weighted by Crippen LogP contribution is 2.35. The average molecular weight is 631 g/mol. The number of carbonyl (C=O) groups excluding carboxylic acids is 3. The summed E-state index contributed by atoms with van der Waals surface area (Å²) in [5, 5.41) is 9.11. The van der Waals surface area contributed by atoms with Crippen LogP contribution in [0.3, 0.4) is 0 Å². The van der Waals surface area contributed by atoms with E-state index in [0.717, 1.165) is 33.2 Å². The van der Waals surface area contributed by atoms with Crippen LogP contribution in [0.5, 0.6) is 0 Å². The summed E-state index contributed by atoms with van der Waals surface area (Å²) in [6.45, 7) is 3.85. The van der Waals surface area contributed by atoms with Crippen molar-refractivity contribution in [2.24, 2.45) is 0 Å². The Balaban J connectivity index is 0.000000204. The van der Waals surface area contributed by atoms with Gasteiger partial charge in [-0.2, -0.15) is 0 Å². The van der Waals surface area contributed by atoms with Crippen LogP contribution in [-0.2, 0) is 16.1 Å². The first kappa shape index (κ1) is 32.0. The number of esters is 2. The van der Waals surface area contributed by atoms with E-state index in [1.54, 1.807) is 19.1 Å². The van der Waals surface area contributed by atoms with Gasteiger partial charge in [0.1, 0.15) is 18.0 Å². The summed E-state index contributed by atoms with van der Waals surface area (Å²) in [4.78, 5) is 49.3. The van der Waals surface area contributed by atoms with Crippen molar-refractivity contribution in [1.29, 1.82) is 0 Å². The highest BCUT2D eigenvalue weighted by atomic mass is 32.1. The zero-order chi connectivity index (χ0) is 31.8. The van der Waals surface area contributed by atoms with Gasteiger partial charge in [-0.1, -0.05) is 66.7 Å². The van der Waals surface area contributed by atoms with Crippen LogP contribution >= 0.6 is 22.7 Å². The van der Waals surface area contributed by atoms with Gasteiger partial charge in [0.15, 0.2) is 6.29 Å². The van der Waals surface area contributed by atoms with E-state index in [-0.39, 0.29) is 18.1 Å². The Bertz CT molecular complexity index is 1820. The normalized spacial score (nSPS) is 10.4. The predicted molar refractivity (Wildman–Crippen MR) is 168 cm³/mol. The van der Waals surface area contributed by atoms with E-state index in [0.29, 0.717) is 26.4 Å². The number of methoxy groups -OCH3 is 1. The molecule has 7 nitrogen and oxygen atoms in total. The Morgan fingerprint density at radius 3 is 1.98 bits per heavy atom. The molecule has 0 aliphatic heterocycles. The molecule has 3 aromatic carbocycles. The monoisotopic (exact) mass is 630 g/mol. The van der Waals surface area contributed by atoms with E-state index in [1.807, 2.05) is 55.5 Å². The lowest BCUT2D eigenvalue weighted by Crippen LogP contribution is -2.05. The minimum absolute atomic E-state index is 0.245. The van der Waals surface area contributed by atoms with Crippen molar-refractivity contribution in [1.82, 2.24) is 0 Å². The molecule has 5 aromatic rings. The molecule has 0 spiro atoms. The molecule has 0 saturated heterocycles. The summed E-state index contributed by atoms with van der Waals surface area (Å²) in [6, 6.07) is 24.3. The first-order valence-electron chi connectivity index (χ1n) is 13.2. The van der Waals surface area contributed by atoms with Crippen molar-refractivity contribution < 1.29 is 38.1 Å². The third kappa shape index (κ3) is 7.34. The highest BCUT2D eigenvalue weighted by molar-refractivity contribution is 7.16. The summed E-state index contributed by atoms with van der Waals surface area (Å²) < 4.78 is 23.7. The number of carbonyl (C=O) groups is 4. The Kier molecular flexibility index (Phi) is 10.5. The van der Waals surface area contributed by atoms with Crippen molar-refractivity contribution in [3.05, 3.63) is 128 Å². The van der Waals surface area contributed by atoms with E-state index in [1.165, 1.54) is 48.0 Å². The quantitative estimate of drug-likeness (QED) is 0.136. The van der Waals surface area contributed by atoms with Crippen LogP contribution < -0.4 is 0 Å². The van der Waals surface area contributed by atoms with Crippen molar-refractivity contribution in [2.75, 3.05) is 7.11 Å². The maximum Gasteiger partial charge on any atom is 0.339 e. The Morgan fingerprint density at radius 2 is 1.36 bits per heavy atom. The molecule has 0 amide bonds. The summed E-state index contributed by atoms with van der Waals surface area (Å²) in [5.74, 6) is -3.00. The standard InChI is InChI=1S/C20H16O3S.C14H11FO4S/c1-14-18(20(22)23-13-15-7-3-2-4-8-15)11-19(24-14)17-10-6-5-9-16(17)12-21;1-7-9(14(18)19-2)6-11(20-7)8-4-3-5-10(15)12(8)13(16)17/h2-12H,13H2,1H3;3-6H,1-2H3,(H,16,17). The molecule has 5 rings (SSSR count). The van der Waals surface area contributed by atoms with E-state index in [9.17, 15) is 23.6 Å². The van der Waals surface area contributed by atoms with Gasteiger partial charge in [-0.15, -0.1) is 22.7 Å². The summed E-state index contributed by atoms with van der Waals surface area (Å²) in [7, 11) is 1.27. The number of halogens is 1. The first-order valence-corrected chi connectivity index (χ1v) is 14.8. The van der Waals surface area contributed by atoms with Gasteiger partial charge in [-0.25, -0.2) is 18.8 Å². The number of hydrogen-bond acceptors (Lipinski definition) is 8. The summed E-state index contributed by atoms with van der Waals surface area (Å²) in [5.41, 5.74) is 3.15. The van der Waals surface area contributed by atoms with Crippen LogP contribution in [0, 0.1) is 19.7 Å². The lowest BCUT2D eigenvalue weighted by Gasteiger charge is -2.04. The van der Waals surface area contributed by atoms with E-state index in [4.69, 9.17) is 9.84 Å². The molecule has 224 valence electrons. The van der Waals surface area contributed by atoms with Crippen molar-refractivity contribution in [3.63, 3.8) is 0 Å². The smallest absolute Gasteiger partial charge is 0.339 e. The maximum atomic E-state index is 13.7. The predicted octanol–water partition coefficient (Wildman–Crippen LogP) is 8.24. The Labute approximate surface area is 261 Å². The fourth-order valence-electron chi connectivity index (χ4n) is 4.32. The van der Waals surface area contributed by atoms with Crippen molar-refractivity contribution in [3.8, 4) is 20.9 Å². The molecule has 0 fully saturated rings. The number of carboxylic acids is 1. The lowest BCUT2D eigenvalue weighted by molar-refractivity contribution is 0.0471. The minimum atomic E-state index is -1.34. The van der Waals surface area contributed by atoms with Gasteiger partial charge in [0.2, 0.25) is 0 Å². The molecule has 0 radical (unpaired) electrons.